The summed E-state index contributed by atoms with van der Waals surface area (Å²) >= 11 is 0. The molecule has 0 radical (unpaired) electrons. The van der Waals surface area contributed by atoms with E-state index in [2.05, 4.69) is 4.72 Å². The van der Waals surface area contributed by atoms with Crippen LogP contribution in [0.15, 0.2) is 47.4 Å². The molecule has 3 rings (SSSR count). The average molecular weight is 362 g/mol. The van der Waals surface area contributed by atoms with Crippen LogP contribution in [0.2, 0.25) is 0 Å². The van der Waals surface area contributed by atoms with Crippen molar-refractivity contribution in [3.8, 4) is 0 Å². The monoisotopic (exact) mass is 362 g/mol. The lowest BCUT2D eigenvalue weighted by molar-refractivity contribution is -0.119. The number of amides is 1. The molecule has 0 bridgehead atoms. The lowest BCUT2D eigenvalue weighted by atomic mass is 10.1. The molecule has 0 aromatic heterocycles. The van der Waals surface area contributed by atoms with E-state index >= 15 is 0 Å². The van der Waals surface area contributed by atoms with E-state index in [1.807, 2.05) is 6.92 Å². The van der Waals surface area contributed by atoms with Gasteiger partial charge >= 0.3 is 0 Å². The van der Waals surface area contributed by atoms with Gasteiger partial charge in [0.1, 0.15) is 5.82 Å². The number of carbonyl (C=O) groups excluding carboxylic acids is 1. The summed E-state index contributed by atoms with van der Waals surface area (Å²) in [5, 5.41) is 0. The molecule has 2 aromatic rings. The molecule has 1 N–H and O–H groups in total. The first-order chi connectivity index (χ1) is 11.9. The van der Waals surface area contributed by atoms with Gasteiger partial charge in [-0.2, -0.15) is 0 Å². The van der Waals surface area contributed by atoms with Gasteiger partial charge < -0.3 is 4.90 Å². The zero-order valence-electron chi connectivity index (χ0n) is 13.8. The highest BCUT2D eigenvalue weighted by molar-refractivity contribution is 7.92. The van der Waals surface area contributed by atoms with Gasteiger partial charge in [0.05, 0.1) is 10.6 Å². The molecule has 0 saturated carbocycles. The Hall–Kier alpha value is -2.41. The van der Waals surface area contributed by atoms with Gasteiger partial charge in [0, 0.05) is 18.7 Å². The third-order valence-corrected chi connectivity index (χ3v) is 5.60. The first-order valence-corrected chi connectivity index (χ1v) is 9.54. The summed E-state index contributed by atoms with van der Waals surface area (Å²) in [5.74, 6) is -0.451. The van der Waals surface area contributed by atoms with Crippen molar-refractivity contribution in [2.45, 2.75) is 31.1 Å². The zero-order chi connectivity index (χ0) is 18.0. The van der Waals surface area contributed by atoms with E-state index in [4.69, 9.17) is 0 Å². The molecule has 0 aliphatic carbocycles. The predicted octanol–water partition coefficient (Wildman–Crippen LogP) is 3.45. The van der Waals surface area contributed by atoms with Crippen LogP contribution in [0.25, 0.3) is 0 Å². The fraction of sp³-hybridized carbons (Fsp3) is 0.278. The Morgan fingerprint density at radius 3 is 2.48 bits per heavy atom. The molecule has 0 spiro atoms. The van der Waals surface area contributed by atoms with Gasteiger partial charge in [0.2, 0.25) is 5.91 Å². The fourth-order valence-electron chi connectivity index (χ4n) is 2.85. The maximum atomic E-state index is 13.0. The smallest absolute Gasteiger partial charge is 0.261 e. The highest BCUT2D eigenvalue weighted by Gasteiger charge is 2.22. The van der Waals surface area contributed by atoms with Gasteiger partial charge in [-0.15, -0.1) is 0 Å². The Morgan fingerprint density at radius 2 is 1.80 bits per heavy atom. The molecule has 0 unspecified atom stereocenters. The summed E-state index contributed by atoms with van der Waals surface area (Å²) < 4.78 is 40.3. The van der Waals surface area contributed by atoms with Crippen molar-refractivity contribution in [2.24, 2.45) is 0 Å². The lowest BCUT2D eigenvalue weighted by Gasteiger charge is -2.28. The second-order valence-electron chi connectivity index (χ2n) is 6.06. The van der Waals surface area contributed by atoms with Gasteiger partial charge in [0.25, 0.3) is 10.0 Å². The molecule has 1 aliphatic heterocycles. The van der Waals surface area contributed by atoms with Crippen LogP contribution >= 0.6 is 0 Å². The Kier molecular flexibility index (Phi) is 4.76. The van der Waals surface area contributed by atoms with Crippen LogP contribution in [-0.2, 0) is 14.8 Å². The lowest BCUT2D eigenvalue weighted by Crippen LogP contribution is -2.35. The number of anilines is 2. The summed E-state index contributed by atoms with van der Waals surface area (Å²) in [4.78, 5) is 13.8. The second kappa shape index (κ2) is 6.84. The third kappa shape index (κ3) is 3.82. The normalized spacial score (nSPS) is 15.3. The van der Waals surface area contributed by atoms with Crippen LogP contribution in [0.1, 0.15) is 24.8 Å². The van der Waals surface area contributed by atoms with Crippen molar-refractivity contribution in [3.05, 3.63) is 53.8 Å². The van der Waals surface area contributed by atoms with Crippen molar-refractivity contribution in [3.63, 3.8) is 0 Å². The minimum Gasteiger partial charge on any atom is -0.312 e. The average Bonchev–Trinajstić information content (AvgIpc) is 2.57. The number of nitrogens with zero attached hydrogens (tertiary/aromatic N) is 1. The minimum atomic E-state index is -3.82. The maximum absolute atomic E-state index is 13.0. The first kappa shape index (κ1) is 17.4. The summed E-state index contributed by atoms with van der Waals surface area (Å²) in [6, 6.07) is 9.71. The molecule has 1 fully saturated rings. The molecule has 1 aliphatic rings. The molecule has 7 heteroatoms. The van der Waals surface area contributed by atoms with Crippen LogP contribution in [0.4, 0.5) is 15.8 Å². The molecule has 25 heavy (non-hydrogen) atoms. The van der Waals surface area contributed by atoms with Crippen molar-refractivity contribution in [1.29, 1.82) is 0 Å². The fourth-order valence-corrected chi connectivity index (χ4v) is 3.90. The number of carbonyl (C=O) groups is 1. The molecule has 0 atom stereocenters. The number of piperidine rings is 1. The highest BCUT2D eigenvalue weighted by Crippen LogP contribution is 2.28. The third-order valence-electron chi connectivity index (χ3n) is 4.20. The molecular weight excluding hydrogens is 343 g/mol. The van der Waals surface area contributed by atoms with E-state index in [1.165, 1.54) is 12.1 Å². The number of aryl methyl sites for hydroxylation is 1. The van der Waals surface area contributed by atoms with E-state index in [1.54, 1.807) is 23.1 Å². The van der Waals surface area contributed by atoms with Gasteiger partial charge in [-0.3, -0.25) is 9.52 Å². The Morgan fingerprint density at radius 1 is 1.08 bits per heavy atom. The van der Waals surface area contributed by atoms with Gasteiger partial charge in [0.15, 0.2) is 0 Å². The Bertz CT molecular complexity index is 895. The highest BCUT2D eigenvalue weighted by atomic mass is 32.2. The molecule has 1 amide bonds. The van der Waals surface area contributed by atoms with Crippen molar-refractivity contribution in [2.75, 3.05) is 16.2 Å². The second-order valence-corrected chi connectivity index (χ2v) is 7.75. The van der Waals surface area contributed by atoms with Crippen LogP contribution in [0.5, 0.6) is 0 Å². The standard InChI is InChI=1S/C18H19FN2O3S/c1-13-5-8-15(12-17(13)21-11-3-2-4-18(21)22)20-25(23,24)16-9-6-14(19)7-10-16/h5-10,12,20H,2-4,11H2,1H3. The van der Waals surface area contributed by atoms with Gasteiger partial charge in [-0.05, 0) is 61.7 Å². The van der Waals surface area contributed by atoms with Crippen LogP contribution < -0.4 is 9.62 Å². The molecular formula is C18H19FN2O3S. The molecule has 1 heterocycles. The van der Waals surface area contributed by atoms with E-state index < -0.39 is 15.8 Å². The van der Waals surface area contributed by atoms with E-state index in [0.29, 0.717) is 24.3 Å². The first-order valence-electron chi connectivity index (χ1n) is 8.06. The van der Waals surface area contributed by atoms with E-state index in [0.717, 1.165) is 30.5 Å². The molecule has 2 aromatic carbocycles. The van der Waals surface area contributed by atoms with Crippen LogP contribution in [0, 0.1) is 12.7 Å². The summed E-state index contributed by atoms with van der Waals surface area (Å²) in [6.07, 6.45) is 2.31. The number of hydrogen-bond acceptors (Lipinski definition) is 3. The number of nitrogens with one attached hydrogen (secondary N) is 1. The quantitative estimate of drug-likeness (QED) is 0.906. The van der Waals surface area contributed by atoms with Gasteiger partial charge in [-0.25, -0.2) is 12.8 Å². The van der Waals surface area contributed by atoms with Crippen LogP contribution in [0.3, 0.4) is 0 Å². The molecule has 1 saturated heterocycles. The number of halogens is 1. The predicted molar refractivity (Wildman–Crippen MR) is 94.6 cm³/mol. The van der Waals surface area contributed by atoms with E-state index in [-0.39, 0.29) is 10.8 Å². The summed E-state index contributed by atoms with van der Waals surface area (Å²) in [5.41, 5.74) is 1.98. The Labute approximate surface area is 146 Å². The molecule has 5 nitrogen and oxygen atoms in total. The topological polar surface area (TPSA) is 66.5 Å². The number of sulfonamides is 1. The largest absolute Gasteiger partial charge is 0.312 e. The van der Waals surface area contributed by atoms with Gasteiger partial charge in [-0.1, -0.05) is 6.07 Å². The van der Waals surface area contributed by atoms with E-state index in [9.17, 15) is 17.6 Å². The number of rotatable bonds is 4. The van der Waals surface area contributed by atoms with Crippen LogP contribution in [-0.4, -0.2) is 20.9 Å². The van der Waals surface area contributed by atoms with Crippen molar-refractivity contribution in [1.82, 2.24) is 0 Å². The Balaban J connectivity index is 1.89. The van der Waals surface area contributed by atoms with Crippen molar-refractivity contribution >= 4 is 27.3 Å². The number of benzene rings is 2. The summed E-state index contributed by atoms with van der Waals surface area (Å²) in [7, 11) is -3.82. The summed E-state index contributed by atoms with van der Waals surface area (Å²) in [6.45, 7) is 2.52. The number of hydrogen-bond donors (Lipinski definition) is 1. The zero-order valence-corrected chi connectivity index (χ0v) is 14.6. The minimum absolute atomic E-state index is 0.0231. The molecule has 132 valence electrons. The SMILES string of the molecule is Cc1ccc(NS(=O)(=O)c2ccc(F)cc2)cc1N1CCCCC1=O. The van der Waals surface area contributed by atoms with Crippen molar-refractivity contribution < 1.29 is 17.6 Å². The maximum Gasteiger partial charge on any atom is 0.261 e.